The van der Waals surface area contributed by atoms with Crippen molar-refractivity contribution in [2.24, 2.45) is 0 Å². The quantitative estimate of drug-likeness (QED) is 0.580. The van der Waals surface area contributed by atoms with Crippen molar-refractivity contribution in [1.82, 2.24) is 19.7 Å². The van der Waals surface area contributed by atoms with Crippen LogP contribution in [0.1, 0.15) is 48.1 Å². The first kappa shape index (κ1) is 24.3. The van der Waals surface area contributed by atoms with Crippen molar-refractivity contribution >= 4 is 5.91 Å². The van der Waals surface area contributed by atoms with E-state index in [0.29, 0.717) is 35.4 Å². The van der Waals surface area contributed by atoms with Crippen LogP contribution in [-0.2, 0) is 13.1 Å². The monoisotopic (exact) mass is 472 g/mol. The van der Waals surface area contributed by atoms with E-state index in [0.717, 1.165) is 57.7 Å². The predicted octanol–water partition coefficient (Wildman–Crippen LogP) is 3.03. The van der Waals surface area contributed by atoms with Crippen LogP contribution in [0.4, 0.5) is 0 Å². The van der Waals surface area contributed by atoms with Gasteiger partial charge in [-0.15, -0.1) is 0 Å². The Kier molecular flexibility index (Phi) is 7.95. The number of ether oxygens (including phenoxy) is 3. The molecule has 0 bridgehead atoms. The molecule has 0 saturated carbocycles. The van der Waals surface area contributed by atoms with Crippen LogP contribution in [0.3, 0.4) is 0 Å². The zero-order valence-corrected chi connectivity index (χ0v) is 20.7. The highest BCUT2D eigenvalue weighted by molar-refractivity contribution is 5.92. The van der Waals surface area contributed by atoms with Crippen LogP contribution < -0.4 is 14.2 Å². The zero-order chi connectivity index (χ0) is 24.1. The lowest BCUT2D eigenvalue weighted by Gasteiger charge is -2.34. The molecule has 1 amide bonds. The number of rotatable bonds is 8. The van der Waals surface area contributed by atoms with Gasteiger partial charge in [0.05, 0.1) is 27.9 Å². The van der Waals surface area contributed by atoms with Gasteiger partial charge >= 0.3 is 0 Å². The third kappa shape index (κ3) is 5.31. The molecule has 1 aromatic carbocycles. The number of carbonyl (C=O) groups excluding carboxylic acids is 1. The minimum Gasteiger partial charge on any atom is -0.493 e. The molecular formula is C25H36N4O5. The fourth-order valence-corrected chi connectivity index (χ4v) is 4.85. The maximum absolute atomic E-state index is 12.8. The lowest BCUT2D eigenvalue weighted by Crippen LogP contribution is -2.45. The van der Waals surface area contributed by atoms with Crippen LogP contribution in [0, 0.1) is 0 Å². The molecule has 4 rings (SSSR count). The standard InChI is InChI=1S/C25H36N4O5/c1-18-7-5-6-10-29(18)25(30)20-17-34-22(26-20)16-28-13-11-27(12-14-28)15-19-8-9-21(31-2)24(33-4)23(19)32-3/h8-9,17-18H,5-7,10-16H2,1-4H3. The van der Waals surface area contributed by atoms with E-state index >= 15 is 0 Å². The van der Waals surface area contributed by atoms with Crippen molar-refractivity contribution in [3.8, 4) is 17.2 Å². The van der Waals surface area contributed by atoms with Gasteiger partial charge in [0.15, 0.2) is 17.2 Å². The summed E-state index contributed by atoms with van der Waals surface area (Å²) in [7, 11) is 4.90. The van der Waals surface area contributed by atoms with E-state index in [2.05, 4.69) is 21.7 Å². The van der Waals surface area contributed by atoms with Crippen LogP contribution >= 0.6 is 0 Å². The third-order valence-corrected chi connectivity index (χ3v) is 6.84. The molecule has 0 aliphatic carbocycles. The molecular weight excluding hydrogens is 436 g/mol. The molecule has 2 fully saturated rings. The Hall–Kier alpha value is -2.78. The third-order valence-electron chi connectivity index (χ3n) is 6.84. The predicted molar refractivity (Wildman–Crippen MR) is 128 cm³/mol. The molecule has 34 heavy (non-hydrogen) atoms. The number of amides is 1. The van der Waals surface area contributed by atoms with Gasteiger partial charge in [0, 0.05) is 50.9 Å². The molecule has 1 aromatic heterocycles. The molecule has 2 aromatic rings. The van der Waals surface area contributed by atoms with E-state index in [9.17, 15) is 4.79 Å². The van der Waals surface area contributed by atoms with E-state index < -0.39 is 0 Å². The van der Waals surface area contributed by atoms with E-state index in [1.807, 2.05) is 17.0 Å². The minimum absolute atomic E-state index is 0.0177. The number of methoxy groups -OCH3 is 3. The van der Waals surface area contributed by atoms with Crippen LogP contribution in [0.2, 0.25) is 0 Å². The Labute approximate surface area is 201 Å². The van der Waals surface area contributed by atoms with Gasteiger partial charge in [0.1, 0.15) is 6.26 Å². The molecule has 186 valence electrons. The largest absolute Gasteiger partial charge is 0.493 e. The highest BCUT2D eigenvalue weighted by atomic mass is 16.5. The van der Waals surface area contributed by atoms with Crippen molar-refractivity contribution in [3.05, 3.63) is 35.5 Å². The molecule has 3 heterocycles. The summed E-state index contributed by atoms with van der Waals surface area (Å²) < 4.78 is 22.2. The number of hydrogen-bond donors (Lipinski definition) is 0. The fourth-order valence-electron chi connectivity index (χ4n) is 4.85. The van der Waals surface area contributed by atoms with Crippen LogP contribution in [0.15, 0.2) is 22.8 Å². The SMILES string of the molecule is COc1ccc(CN2CCN(Cc3nc(C(=O)N4CCCCC4C)co3)CC2)c(OC)c1OC. The Morgan fingerprint density at radius 1 is 0.971 bits per heavy atom. The molecule has 1 unspecified atom stereocenters. The number of carbonyl (C=O) groups is 1. The summed E-state index contributed by atoms with van der Waals surface area (Å²) >= 11 is 0. The Morgan fingerprint density at radius 3 is 2.32 bits per heavy atom. The molecule has 9 nitrogen and oxygen atoms in total. The molecule has 2 saturated heterocycles. The Morgan fingerprint density at radius 2 is 1.68 bits per heavy atom. The number of nitrogens with zero attached hydrogens (tertiary/aromatic N) is 4. The van der Waals surface area contributed by atoms with Crippen molar-refractivity contribution < 1.29 is 23.4 Å². The summed E-state index contributed by atoms with van der Waals surface area (Å²) in [6.45, 7) is 7.89. The molecule has 2 aliphatic rings. The number of piperazine rings is 1. The first-order chi connectivity index (χ1) is 16.5. The smallest absolute Gasteiger partial charge is 0.276 e. The molecule has 2 aliphatic heterocycles. The minimum atomic E-state index is -0.0177. The summed E-state index contributed by atoms with van der Waals surface area (Å²) in [5.74, 6) is 2.57. The maximum atomic E-state index is 12.8. The number of benzene rings is 1. The van der Waals surface area contributed by atoms with Crippen molar-refractivity contribution in [2.75, 3.05) is 54.1 Å². The van der Waals surface area contributed by atoms with Crippen LogP contribution in [0.5, 0.6) is 17.2 Å². The number of piperidine rings is 1. The van der Waals surface area contributed by atoms with E-state index in [1.165, 1.54) is 12.7 Å². The van der Waals surface area contributed by atoms with Gasteiger partial charge in [0.2, 0.25) is 11.6 Å². The molecule has 0 radical (unpaired) electrons. The topological polar surface area (TPSA) is 80.5 Å². The summed E-state index contributed by atoms with van der Waals surface area (Å²) in [5.41, 5.74) is 1.49. The molecule has 1 atom stereocenters. The van der Waals surface area contributed by atoms with Gasteiger partial charge < -0.3 is 23.5 Å². The summed E-state index contributed by atoms with van der Waals surface area (Å²) in [5, 5.41) is 0. The summed E-state index contributed by atoms with van der Waals surface area (Å²) in [6, 6.07) is 4.21. The van der Waals surface area contributed by atoms with E-state index in [4.69, 9.17) is 18.6 Å². The summed E-state index contributed by atoms with van der Waals surface area (Å²) in [4.78, 5) is 24.0. The Balaban J connectivity index is 1.31. The second kappa shape index (κ2) is 11.1. The average molecular weight is 473 g/mol. The summed E-state index contributed by atoms with van der Waals surface area (Å²) in [6.07, 6.45) is 4.80. The van der Waals surface area contributed by atoms with Crippen molar-refractivity contribution in [3.63, 3.8) is 0 Å². The number of likely N-dealkylation sites (tertiary alicyclic amines) is 1. The lowest BCUT2D eigenvalue weighted by molar-refractivity contribution is 0.0629. The highest BCUT2D eigenvalue weighted by Crippen LogP contribution is 2.40. The maximum Gasteiger partial charge on any atom is 0.276 e. The van der Waals surface area contributed by atoms with Gasteiger partial charge in [-0.05, 0) is 32.3 Å². The van der Waals surface area contributed by atoms with E-state index in [-0.39, 0.29) is 11.9 Å². The van der Waals surface area contributed by atoms with Gasteiger partial charge in [-0.3, -0.25) is 14.6 Å². The zero-order valence-electron chi connectivity index (χ0n) is 20.7. The Bertz CT molecular complexity index is 970. The van der Waals surface area contributed by atoms with Crippen molar-refractivity contribution in [2.45, 2.75) is 45.3 Å². The van der Waals surface area contributed by atoms with Gasteiger partial charge in [-0.2, -0.15) is 0 Å². The fraction of sp³-hybridized carbons (Fsp3) is 0.600. The number of hydrogen-bond acceptors (Lipinski definition) is 8. The van der Waals surface area contributed by atoms with Gasteiger partial charge in [-0.25, -0.2) is 4.98 Å². The van der Waals surface area contributed by atoms with E-state index in [1.54, 1.807) is 21.3 Å². The van der Waals surface area contributed by atoms with Crippen molar-refractivity contribution in [1.29, 1.82) is 0 Å². The second-order valence-corrected chi connectivity index (χ2v) is 9.02. The average Bonchev–Trinajstić information content (AvgIpc) is 3.33. The molecule has 9 heteroatoms. The van der Waals surface area contributed by atoms with Gasteiger partial charge in [0.25, 0.3) is 5.91 Å². The highest BCUT2D eigenvalue weighted by Gasteiger charge is 2.27. The van der Waals surface area contributed by atoms with Crippen LogP contribution in [-0.4, -0.2) is 85.7 Å². The first-order valence-electron chi connectivity index (χ1n) is 12.0. The first-order valence-corrected chi connectivity index (χ1v) is 12.0. The number of oxazole rings is 1. The normalized spacial score (nSPS) is 19.8. The van der Waals surface area contributed by atoms with Gasteiger partial charge in [-0.1, -0.05) is 6.07 Å². The molecule has 0 spiro atoms. The molecule has 0 N–H and O–H groups in total. The number of aromatic nitrogens is 1. The lowest BCUT2D eigenvalue weighted by atomic mass is 10.0. The second-order valence-electron chi connectivity index (χ2n) is 9.02. The van der Waals surface area contributed by atoms with Crippen LogP contribution in [0.25, 0.3) is 0 Å².